The second-order valence-electron chi connectivity index (χ2n) is 8.12. The van der Waals surface area contributed by atoms with Gasteiger partial charge in [-0.2, -0.15) is 5.10 Å². The Morgan fingerprint density at radius 1 is 0.909 bits per heavy atom. The minimum atomic E-state index is -0.356. The molecule has 1 amide bonds. The van der Waals surface area contributed by atoms with Crippen molar-refractivity contribution in [3.8, 4) is 0 Å². The third-order valence-corrected chi connectivity index (χ3v) is 5.67. The Morgan fingerprint density at radius 3 is 2.27 bits per heavy atom. The van der Waals surface area contributed by atoms with Crippen LogP contribution >= 0.6 is 0 Å². The van der Waals surface area contributed by atoms with Crippen LogP contribution in [0.15, 0.2) is 71.5 Å². The first-order valence-electron chi connectivity index (χ1n) is 11.0. The average molecular weight is 446 g/mol. The van der Waals surface area contributed by atoms with Crippen LogP contribution in [-0.2, 0) is 17.9 Å². The molecule has 0 unspecified atom stereocenters. The van der Waals surface area contributed by atoms with E-state index in [9.17, 15) is 14.4 Å². The van der Waals surface area contributed by atoms with Crippen LogP contribution in [0.1, 0.15) is 22.8 Å². The van der Waals surface area contributed by atoms with Crippen LogP contribution in [0.5, 0.6) is 0 Å². The highest BCUT2D eigenvalue weighted by Gasteiger charge is 2.19. The SMILES string of the molecule is CC(=O)c1ccc(NC(=O)Cn2nc(N3CCN(Cc4ccccc4)CC3)ccc2=O)cc1. The van der Waals surface area contributed by atoms with Crippen LogP contribution in [0.25, 0.3) is 0 Å². The Morgan fingerprint density at radius 2 is 1.61 bits per heavy atom. The number of Topliss-reactive ketones (excluding diaryl/α,β-unsaturated/α-hetero) is 1. The largest absolute Gasteiger partial charge is 0.353 e. The van der Waals surface area contributed by atoms with E-state index in [2.05, 4.69) is 44.5 Å². The minimum absolute atomic E-state index is 0.0404. The maximum atomic E-state index is 12.5. The summed E-state index contributed by atoms with van der Waals surface area (Å²) in [5, 5.41) is 7.17. The topological polar surface area (TPSA) is 87.5 Å². The summed E-state index contributed by atoms with van der Waals surface area (Å²) in [6.07, 6.45) is 0. The van der Waals surface area contributed by atoms with Crippen molar-refractivity contribution in [3.63, 3.8) is 0 Å². The van der Waals surface area contributed by atoms with Gasteiger partial charge in [0.2, 0.25) is 5.91 Å². The number of piperazine rings is 1. The molecule has 0 bridgehead atoms. The lowest BCUT2D eigenvalue weighted by Crippen LogP contribution is -2.46. The molecular formula is C25H27N5O3. The number of rotatable bonds is 7. The van der Waals surface area contributed by atoms with Crippen molar-refractivity contribution < 1.29 is 9.59 Å². The van der Waals surface area contributed by atoms with Gasteiger partial charge in [0.15, 0.2) is 5.78 Å². The van der Waals surface area contributed by atoms with Gasteiger partial charge in [-0.1, -0.05) is 30.3 Å². The first-order valence-corrected chi connectivity index (χ1v) is 11.0. The lowest BCUT2D eigenvalue weighted by molar-refractivity contribution is -0.117. The van der Waals surface area contributed by atoms with Gasteiger partial charge in [0.05, 0.1) is 0 Å². The molecule has 1 aliphatic heterocycles. The van der Waals surface area contributed by atoms with Crippen LogP contribution in [0.2, 0.25) is 0 Å². The number of hydrogen-bond donors (Lipinski definition) is 1. The first-order chi connectivity index (χ1) is 16.0. The van der Waals surface area contributed by atoms with Crippen molar-refractivity contribution in [2.24, 2.45) is 0 Å². The van der Waals surface area contributed by atoms with Gasteiger partial charge in [-0.25, -0.2) is 4.68 Å². The highest BCUT2D eigenvalue weighted by Crippen LogP contribution is 2.14. The second-order valence-corrected chi connectivity index (χ2v) is 8.12. The highest BCUT2D eigenvalue weighted by molar-refractivity contribution is 5.95. The average Bonchev–Trinajstić information content (AvgIpc) is 2.82. The lowest BCUT2D eigenvalue weighted by atomic mass is 10.1. The Kier molecular flexibility index (Phi) is 6.95. The Balaban J connectivity index is 1.35. The maximum absolute atomic E-state index is 12.5. The number of carbonyl (C=O) groups is 2. The Hall–Kier alpha value is -3.78. The minimum Gasteiger partial charge on any atom is -0.353 e. The fourth-order valence-electron chi connectivity index (χ4n) is 3.82. The van der Waals surface area contributed by atoms with Gasteiger partial charge < -0.3 is 10.2 Å². The molecule has 1 saturated heterocycles. The van der Waals surface area contributed by atoms with Gasteiger partial charge in [-0.15, -0.1) is 0 Å². The van der Waals surface area contributed by atoms with Crippen molar-refractivity contribution in [3.05, 3.63) is 88.2 Å². The van der Waals surface area contributed by atoms with E-state index in [0.29, 0.717) is 17.1 Å². The van der Waals surface area contributed by atoms with Gasteiger partial charge in [0.1, 0.15) is 12.4 Å². The third-order valence-electron chi connectivity index (χ3n) is 5.67. The van der Waals surface area contributed by atoms with Crippen LogP contribution in [-0.4, -0.2) is 52.5 Å². The summed E-state index contributed by atoms with van der Waals surface area (Å²) in [5.41, 5.74) is 2.09. The summed E-state index contributed by atoms with van der Waals surface area (Å²) in [4.78, 5) is 40.6. The number of ketones is 1. The molecule has 2 aromatic carbocycles. The molecule has 0 saturated carbocycles. The van der Waals surface area contributed by atoms with Crippen LogP contribution in [0.4, 0.5) is 11.5 Å². The maximum Gasteiger partial charge on any atom is 0.267 e. The summed E-state index contributed by atoms with van der Waals surface area (Å²) in [6.45, 7) is 5.60. The molecule has 3 aromatic rings. The zero-order chi connectivity index (χ0) is 23.2. The summed E-state index contributed by atoms with van der Waals surface area (Å²) in [6, 6.07) is 20.2. The molecule has 4 rings (SSSR count). The van der Waals surface area contributed by atoms with E-state index < -0.39 is 0 Å². The van der Waals surface area contributed by atoms with Gasteiger partial charge in [0.25, 0.3) is 5.56 Å². The predicted octanol–water partition coefficient (Wildman–Crippen LogP) is 2.41. The van der Waals surface area contributed by atoms with E-state index in [4.69, 9.17) is 0 Å². The molecule has 1 aliphatic rings. The van der Waals surface area contributed by atoms with E-state index in [0.717, 1.165) is 32.7 Å². The molecule has 0 spiro atoms. The van der Waals surface area contributed by atoms with Crippen molar-refractivity contribution in [1.29, 1.82) is 0 Å². The van der Waals surface area contributed by atoms with Crippen molar-refractivity contribution in [1.82, 2.24) is 14.7 Å². The standard InChI is InChI=1S/C25H27N5O3/c1-19(31)21-7-9-22(10-8-21)26-24(32)18-30-25(33)12-11-23(27-30)29-15-13-28(14-16-29)17-20-5-3-2-4-6-20/h2-12H,13-18H2,1H3,(H,26,32). The molecule has 8 nitrogen and oxygen atoms in total. The van der Waals surface area contributed by atoms with E-state index in [1.165, 1.54) is 23.2 Å². The van der Waals surface area contributed by atoms with E-state index in [1.807, 2.05) is 6.07 Å². The molecule has 33 heavy (non-hydrogen) atoms. The van der Waals surface area contributed by atoms with Crippen LogP contribution in [0, 0.1) is 0 Å². The summed E-state index contributed by atoms with van der Waals surface area (Å²) >= 11 is 0. The monoisotopic (exact) mass is 445 g/mol. The first kappa shape index (κ1) is 22.4. The molecule has 170 valence electrons. The molecule has 0 radical (unpaired) electrons. The summed E-state index contributed by atoms with van der Waals surface area (Å²) in [7, 11) is 0. The Bertz CT molecular complexity index is 1170. The van der Waals surface area contributed by atoms with Crippen LogP contribution < -0.4 is 15.8 Å². The lowest BCUT2D eigenvalue weighted by Gasteiger charge is -2.35. The fourth-order valence-corrected chi connectivity index (χ4v) is 3.82. The number of carbonyl (C=O) groups excluding carboxylic acids is 2. The van der Waals surface area contributed by atoms with E-state index in [1.54, 1.807) is 30.3 Å². The van der Waals surface area contributed by atoms with E-state index >= 15 is 0 Å². The van der Waals surface area contributed by atoms with Crippen molar-refractivity contribution in [2.45, 2.75) is 20.0 Å². The molecule has 1 N–H and O–H groups in total. The number of hydrogen-bond acceptors (Lipinski definition) is 6. The number of nitrogens with zero attached hydrogens (tertiary/aromatic N) is 4. The molecule has 8 heteroatoms. The molecule has 0 atom stereocenters. The summed E-state index contributed by atoms with van der Waals surface area (Å²) < 4.78 is 1.19. The molecule has 1 aromatic heterocycles. The van der Waals surface area contributed by atoms with Crippen molar-refractivity contribution in [2.75, 3.05) is 36.4 Å². The number of anilines is 2. The van der Waals surface area contributed by atoms with Crippen LogP contribution in [0.3, 0.4) is 0 Å². The van der Waals surface area contributed by atoms with Crippen molar-refractivity contribution >= 4 is 23.2 Å². The molecule has 0 aliphatic carbocycles. The summed E-state index contributed by atoms with van der Waals surface area (Å²) in [5.74, 6) is 0.291. The zero-order valence-electron chi connectivity index (χ0n) is 18.6. The normalized spacial score (nSPS) is 14.2. The number of benzene rings is 2. The number of amides is 1. The van der Waals surface area contributed by atoms with Gasteiger partial charge in [0, 0.05) is 50.0 Å². The van der Waals surface area contributed by atoms with E-state index in [-0.39, 0.29) is 23.8 Å². The fraction of sp³-hybridized carbons (Fsp3) is 0.280. The highest BCUT2D eigenvalue weighted by atomic mass is 16.2. The van der Waals surface area contributed by atoms with Gasteiger partial charge in [-0.05, 0) is 42.8 Å². The number of aromatic nitrogens is 2. The smallest absolute Gasteiger partial charge is 0.267 e. The Labute approximate surface area is 192 Å². The zero-order valence-corrected chi connectivity index (χ0v) is 18.6. The third kappa shape index (κ3) is 5.93. The molecular weight excluding hydrogens is 418 g/mol. The number of nitrogens with one attached hydrogen (secondary N) is 1. The second kappa shape index (κ2) is 10.2. The predicted molar refractivity (Wildman–Crippen MR) is 128 cm³/mol. The van der Waals surface area contributed by atoms with Gasteiger partial charge in [-0.3, -0.25) is 19.3 Å². The molecule has 1 fully saturated rings. The van der Waals surface area contributed by atoms with Gasteiger partial charge >= 0.3 is 0 Å². The quantitative estimate of drug-likeness (QED) is 0.562. The molecule has 2 heterocycles.